The van der Waals surface area contributed by atoms with E-state index in [1.165, 1.54) is 12.1 Å². The van der Waals surface area contributed by atoms with E-state index in [9.17, 15) is 14.5 Å². The first-order valence-electron chi connectivity index (χ1n) is 6.01. The fourth-order valence-corrected chi connectivity index (χ4v) is 2.75. The molecule has 0 unspecified atom stereocenters. The molecule has 0 spiro atoms. The van der Waals surface area contributed by atoms with Gasteiger partial charge in [0.25, 0.3) is 5.69 Å². The predicted octanol–water partition coefficient (Wildman–Crippen LogP) is 5.18. The van der Waals surface area contributed by atoms with Gasteiger partial charge < -0.3 is 5.32 Å². The average Bonchev–Trinajstić information content (AvgIpc) is 2.42. The van der Waals surface area contributed by atoms with Gasteiger partial charge in [-0.1, -0.05) is 15.9 Å². The first-order chi connectivity index (χ1) is 9.88. The van der Waals surface area contributed by atoms with Crippen molar-refractivity contribution < 1.29 is 9.31 Å². The van der Waals surface area contributed by atoms with Crippen LogP contribution in [0.2, 0.25) is 0 Å². The van der Waals surface area contributed by atoms with E-state index in [4.69, 9.17) is 0 Å². The molecule has 2 aromatic carbocycles. The molecule has 0 radical (unpaired) electrons. The molecule has 0 heterocycles. The highest BCUT2D eigenvalue weighted by atomic mass is 79.9. The number of nitro benzene ring substituents is 1. The summed E-state index contributed by atoms with van der Waals surface area (Å²) in [6.45, 7) is 1.94. The molecule has 4 nitrogen and oxygen atoms in total. The van der Waals surface area contributed by atoms with Crippen LogP contribution >= 0.6 is 31.9 Å². The molecular formula is C14H11Br2FN2O2. The van der Waals surface area contributed by atoms with E-state index < -0.39 is 4.92 Å². The molecule has 110 valence electrons. The highest BCUT2D eigenvalue weighted by Gasteiger charge is 2.14. The normalized spacial score (nSPS) is 10.5. The summed E-state index contributed by atoms with van der Waals surface area (Å²) >= 11 is 6.58. The summed E-state index contributed by atoms with van der Waals surface area (Å²) < 4.78 is 15.0. The van der Waals surface area contributed by atoms with Gasteiger partial charge in [-0.2, -0.15) is 0 Å². The van der Waals surface area contributed by atoms with Crippen molar-refractivity contribution in [2.24, 2.45) is 0 Å². The lowest BCUT2D eigenvalue weighted by atomic mass is 10.1. The molecule has 0 aliphatic heterocycles. The van der Waals surface area contributed by atoms with Gasteiger partial charge in [-0.3, -0.25) is 10.1 Å². The second kappa shape index (κ2) is 6.53. The molecule has 2 rings (SSSR count). The zero-order valence-electron chi connectivity index (χ0n) is 11.0. The Balaban J connectivity index is 2.22. The topological polar surface area (TPSA) is 55.2 Å². The summed E-state index contributed by atoms with van der Waals surface area (Å²) in [5, 5.41) is 13.9. The third kappa shape index (κ3) is 3.79. The molecule has 0 fully saturated rings. The highest BCUT2D eigenvalue weighted by Crippen LogP contribution is 2.31. The molecule has 0 bridgehead atoms. The summed E-state index contributed by atoms with van der Waals surface area (Å²) in [5.41, 5.74) is 1.77. The van der Waals surface area contributed by atoms with E-state index in [1.54, 1.807) is 25.1 Å². The average molecular weight is 418 g/mol. The maximum Gasteiger partial charge on any atom is 0.273 e. The van der Waals surface area contributed by atoms with Crippen molar-refractivity contribution in [2.75, 3.05) is 5.32 Å². The number of nitrogens with zero attached hydrogens (tertiary/aromatic N) is 1. The minimum absolute atomic E-state index is 0.0426. The van der Waals surface area contributed by atoms with E-state index in [-0.39, 0.29) is 18.0 Å². The molecule has 1 N–H and O–H groups in total. The lowest BCUT2D eigenvalue weighted by Gasteiger charge is -2.11. The van der Waals surface area contributed by atoms with Gasteiger partial charge in [0, 0.05) is 38.4 Å². The van der Waals surface area contributed by atoms with Crippen molar-refractivity contribution in [3.63, 3.8) is 0 Å². The van der Waals surface area contributed by atoms with Gasteiger partial charge in [-0.25, -0.2) is 4.39 Å². The maximum absolute atomic E-state index is 13.7. The number of anilines is 1. The van der Waals surface area contributed by atoms with Crippen LogP contribution in [0, 0.1) is 22.9 Å². The van der Waals surface area contributed by atoms with Crippen molar-refractivity contribution in [1.82, 2.24) is 0 Å². The molecule has 0 aromatic heterocycles. The van der Waals surface area contributed by atoms with Gasteiger partial charge in [0.1, 0.15) is 5.82 Å². The Morgan fingerprint density at radius 2 is 2.00 bits per heavy atom. The van der Waals surface area contributed by atoms with E-state index in [1.807, 2.05) is 0 Å². The van der Waals surface area contributed by atoms with Gasteiger partial charge >= 0.3 is 0 Å². The van der Waals surface area contributed by atoms with Crippen LogP contribution in [0.3, 0.4) is 0 Å². The Labute approximate surface area is 137 Å². The number of hydrogen-bond acceptors (Lipinski definition) is 3. The molecule has 0 aliphatic rings. The van der Waals surface area contributed by atoms with Gasteiger partial charge in [-0.05, 0) is 47.1 Å². The van der Waals surface area contributed by atoms with Crippen LogP contribution in [0.25, 0.3) is 0 Å². The Kier molecular flexibility index (Phi) is 4.95. The Morgan fingerprint density at radius 3 is 2.67 bits per heavy atom. The van der Waals surface area contributed by atoms with E-state index >= 15 is 0 Å². The molecule has 0 saturated carbocycles. The summed E-state index contributed by atoms with van der Waals surface area (Å²) in [5.74, 6) is -0.305. The number of hydrogen-bond donors (Lipinski definition) is 1. The van der Waals surface area contributed by atoms with Crippen LogP contribution in [-0.2, 0) is 6.54 Å². The van der Waals surface area contributed by atoms with E-state index in [0.29, 0.717) is 21.3 Å². The smallest absolute Gasteiger partial charge is 0.273 e. The Hall–Kier alpha value is -1.47. The van der Waals surface area contributed by atoms with E-state index in [0.717, 1.165) is 4.47 Å². The molecule has 0 amide bonds. The van der Waals surface area contributed by atoms with Crippen LogP contribution in [0.1, 0.15) is 11.1 Å². The van der Waals surface area contributed by atoms with E-state index in [2.05, 4.69) is 37.2 Å². The zero-order chi connectivity index (χ0) is 15.6. The summed E-state index contributed by atoms with van der Waals surface area (Å²) in [6.07, 6.45) is 0. The van der Waals surface area contributed by atoms with Crippen LogP contribution in [-0.4, -0.2) is 4.92 Å². The van der Waals surface area contributed by atoms with Crippen molar-refractivity contribution >= 4 is 43.2 Å². The second-order valence-electron chi connectivity index (χ2n) is 4.46. The molecule has 0 atom stereocenters. The predicted molar refractivity (Wildman–Crippen MR) is 87.0 cm³/mol. The number of nitro groups is 1. The lowest BCUT2D eigenvalue weighted by molar-refractivity contribution is -0.385. The lowest BCUT2D eigenvalue weighted by Crippen LogP contribution is -2.03. The number of nitrogens with one attached hydrogen (secondary N) is 1. The Bertz CT molecular complexity index is 708. The second-order valence-corrected chi connectivity index (χ2v) is 6.23. The zero-order valence-corrected chi connectivity index (χ0v) is 14.2. The molecule has 7 heteroatoms. The standard InChI is InChI=1S/C14H11Br2FN2O2/c1-8-4-13(11(16)6-14(8)19(20)21)18-7-9-5-10(15)2-3-12(9)17/h2-6,18H,7H2,1H3. The van der Waals surface area contributed by atoms with Gasteiger partial charge in [0.15, 0.2) is 0 Å². The van der Waals surface area contributed by atoms with Crippen molar-refractivity contribution in [1.29, 1.82) is 0 Å². The summed E-state index contributed by atoms with van der Waals surface area (Å²) in [6, 6.07) is 7.81. The monoisotopic (exact) mass is 416 g/mol. The molecule has 0 aliphatic carbocycles. The van der Waals surface area contributed by atoms with Crippen molar-refractivity contribution in [3.05, 3.63) is 66.3 Å². The molecule has 0 saturated heterocycles. The Morgan fingerprint density at radius 1 is 1.29 bits per heavy atom. The number of aryl methyl sites for hydroxylation is 1. The van der Waals surface area contributed by atoms with Crippen LogP contribution in [0.15, 0.2) is 39.3 Å². The van der Waals surface area contributed by atoms with Crippen LogP contribution in [0.5, 0.6) is 0 Å². The third-order valence-electron chi connectivity index (χ3n) is 2.96. The SMILES string of the molecule is Cc1cc(NCc2cc(Br)ccc2F)c(Br)cc1[N+](=O)[O-]. The van der Waals surface area contributed by atoms with Gasteiger partial charge in [0.2, 0.25) is 0 Å². The molecular weight excluding hydrogens is 407 g/mol. The van der Waals surface area contributed by atoms with Gasteiger partial charge in [0.05, 0.1) is 4.92 Å². The first-order valence-corrected chi connectivity index (χ1v) is 7.59. The fraction of sp³-hybridized carbons (Fsp3) is 0.143. The summed E-state index contributed by atoms with van der Waals surface area (Å²) in [4.78, 5) is 10.4. The van der Waals surface area contributed by atoms with Crippen molar-refractivity contribution in [2.45, 2.75) is 13.5 Å². The number of benzene rings is 2. The van der Waals surface area contributed by atoms with Crippen LogP contribution in [0.4, 0.5) is 15.8 Å². The minimum atomic E-state index is -0.433. The number of rotatable bonds is 4. The van der Waals surface area contributed by atoms with Crippen LogP contribution < -0.4 is 5.32 Å². The fourth-order valence-electron chi connectivity index (χ4n) is 1.87. The first kappa shape index (κ1) is 15.9. The highest BCUT2D eigenvalue weighted by molar-refractivity contribution is 9.10. The molecule has 21 heavy (non-hydrogen) atoms. The quantitative estimate of drug-likeness (QED) is 0.550. The summed E-state index contributed by atoms with van der Waals surface area (Å²) in [7, 11) is 0. The minimum Gasteiger partial charge on any atom is -0.380 e. The number of halogens is 3. The largest absolute Gasteiger partial charge is 0.380 e. The molecule has 2 aromatic rings. The third-order valence-corrected chi connectivity index (χ3v) is 4.11. The van der Waals surface area contributed by atoms with Crippen molar-refractivity contribution in [3.8, 4) is 0 Å². The van der Waals surface area contributed by atoms with Gasteiger partial charge in [-0.15, -0.1) is 0 Å². The maximum atomic E-state index is 13.7.